The van der Waals surface area contributed by atoms with Gasteiger partial charge >= 0.3 is 0 Å². The van der Waals surface area contributed by atoms with Gasteiger partial charge in [-0.3, -0.25) is 9.36 Å². The number of quaternary nitrogens is 1. The summed E-state index contributed by atoms with van der Waals surface area (Å²) in [6.07, 6.45) is 0. The molecular weight excluding hydrogens is 359 g/mol. The summed E-state index contributed by atoms with van der Waals surface area (Å²) in [5.41, 5.74) is 2.85. The van der Waals surface area contributed by atoms with Gasteiger partial charge in [0.05, 0.1) is 43.0 Å². The number of carbonyl (C=O) groups is 1. The second-order valence-electron chi connectivity index (χ2n) is 7.05. The lowest BCUT2D eigenvalue weighted by molar-refractivity contribution is -0.906. The van der Waals surface area contributed by atoms with Crippen molar-refractivity contribution >= 4 is 16.9 Å². The van der Waals surface area contributed by atoms with Crippen LogP contribution in [0, 0.1) is 12.7 Å². The van der Waals surface area contributed by atoms with E-state index in [4.69, 9.17) is 4.74 Å². The molecule has 0 spiro atoms. The Bertz CT molecular complexity index is 995. The topological polar surface area (TPSA) is 60.6 Å². The minimum atomic E-state index is -0.294. The SMILES string of the molecule is Cc1nc2cc(C(=O)NCC[NH+]3CCOCC3)ccc2n1-c1cccc(F)c1. The van der Waals surface area contributed by atoms with E-state index in [1.807, 2.05) is 23.6 Å². The highest BCUT2D eigenvalue weighted by molar-refractivity contribution is 5.97. The zero-order chi connectivity index (χ0) is 19.5. The van der Waals surface area contributed by atoms with Gasteiger partial charge < -0.3 is 15.0 Å². The van der Waals surface area contributed by atoms with Crippen molar-refractivity contribution in [2.75, 3.05) is 39.4 Å². The second-order valence-corrected chi connectivity index (χ2v) is 7.05. The fourth-order valence-electron chi connectivity index (χ4n) is 3.65. The maximum atomic E-state index is 13.6. The average molecular weight is 383 g/mol. The molecule has 4 rings (SSSR count). The van der Waals surface area contributed by atoms with Crippen molar-refractivity contribution in [1.82, 2.24) is 14.9 Å². The molecule has 2 aromatic carbocycles. The van der Waals surface area contributed by atoms with Crippen molar-refractivity contribution in [3.8, 4) is 5.69 Å². The van der Waals surface area contributed by atoms with Crippen LogP contribution in [0.25, 0.3) is 16.7 Å². The largest absolute Gasteiger partial charge is 0.370 e. The molecular formula is C21H24FN4O2+. The monoisotopic (exact) mass is 383 g/mol. The number of fused-ring (bicyclic) bond motifs is 1. The van der Waals surface area contributed by atoms with Crippen molar-refractivity contribution in [1.29, 1.82) is 0 Å². The van der Waals surface area contributed by atoms with Gasteiger partial charge in [0.2, 0.25) is 0 Å². The van der Waals surface area contributed by atoms with Crippen LogP contribution in [0.4, 0.5) is 4.39 Å². The molecule has 0 aliphatic carbocycles. The number of carbonyl (C=O) groups excluding carboxylic acids is 1. The molecule has 146 valence electrons. The van der Waals surface area contributed by atoms with Crippen molar-refractivity contribution in [3.05, 3.63) is 59.7 Å². The predicted molar refractivity (Wildman–Crippen MR) is 104 cm³/mol. The number of benzene rings is 2. The van der Waals surface area contributed by atoms with Gasteiger partial charge in [-0.2, -0.15) is 0 Å². The van der Waals surface area contributed by atoms with Gasteiger partial charge in [0, 0.05) is 5.56 Å². The van der Waals surface area contributed by atoms with Crippen molar-refractivity contribution in [2.45, 2.75) is 6.92 Å². The molecule has 0 unspecified atom stereocenters. The predicted octanol–water partition coefficient (Wildman–Crippen LogP) is 1.12. The molecule has 1 aromatic heterocycles. The van der Waals surface area contributed by atoms with Crippen LogP contribution in [0.5, 0.6) is 0 Å². The highest BCUT2D eigenvalue weighted by Gasteiger charge is 2.15. The highest BCUT2D eigenvalue weighted by atomic mass is 19.1. The number of morpholine rings is 1. The Labute approximate surface area is 162 Å². The average Bonchev–Trinajstić information content (AvgIpc) is 3.03. The maximum Gasteiger partial charge on any atom is 0.251 e. The first kappa shape index (κ1) is 18.6. The molecule has 6 nitrogen and oxygen atoms in total. The summed E-state index contributed by atoms with van der Waals surface area (Å²) in [5.74, 6) is 0.346. The number of hydrogen-bond donors (Lipinski definition) is 2. The molecule has 0 saturated carbocycles. The number of aromatic nitrogens is 2. The Hall–Kier alpha value is -2.77. The van der Waals surface area contributed by atoms with Crippen LogP contribution in [-0.4, -0.2) is 54.9 Å². The standard InChI is InChI=1S/C21H23FN4O2/c1-15-24-19-13-16(21(27)23-7-8-25-9-11-28-12-10-25)5-6-20(19)26(15)18-4-2-3-17(22)14-18/h2-6,13-14H,7-12H2,1H3,(H,23,27)/p+1. The minimum Gasteiger partial charge on any atom is -0.370 e. The normalized spacial score (nSPS) is 15.1. The Kier molecular flexibility index (Phi) is 5.36. The van der Waals surface area contributed by atoms with E-state index in [1.54, 1.807) is 18.2 Å². The van der Waals surface area contributed by atoms with E-state index in [9.17, 15) is 9.18 Å². The lowest BCUT2D eigenvalue weighted by Gasteiger charge is -2.23. The number of nitrogens with zero attached hydrogens (tertiary/aromatic N) is 2. The van der Waals surface area contributed by atoms with Crippen LogP contribution in [0.2, 0.25) is 0 Å². The van der Waals surface area contributed by atoms with Crippen molar-refractivity contribution < 1.29 is 18.8 Å². The molecule has 2 heterocycles. The third-order valence-corrected chi connectivity index (χ3v) is 5.11. The third-order valence-electron chi connectivity index (χ3n) is 5.11. The number of amides is 1. The molecule has 28 heavy (non-hydrogen) atoms. The summed E-state index contributed by atoms with van der Waals surface area (Å²) in [4.78, 5) is 18.5. The van der Waals surface area contributed by atoms with E-state index in [-0.39, 0.29) is 11.7 Å². The van der Waals surface area contributed by atoms with Gasteiger partial charge in [-0.05, 0) is 43.3 Å². The van der Waals surface area contributed by atoms with E-state index in [0.717, 1.165) is 44.2 Å². The second kappa shape index (κ2) is 8.08. The third kappa shape index (κ3) is 3.90. The molecule has 0 radical (unpaired) electrons. The van der Waals surface area contributed by atoms with Crippen molar-refractivity contribution in [2.24, 2.45) is 0 Å². The first-order chi connectivity index (χ1) is 13.6. The maximum absolute atomic E-state index is 13.6. The van der Waals surface area contributed by atoms with Crippen LogP contribution in [-0.2, 0) is 4.74 Å². The van der Waals surface area contributed by atoms with Crippen LogP contribution in [0.1, 0.15) is 16.2 Å². The van der Waals surface area contributed by atoms with Crippen LogP contribution in [0.15, 0.2) is 42.5 Å². The summed E-state index contributed by atoms with van der Waals surface area (Å²) in [7, 11) is 0. The fraction of sp³-hybridized carbons (Fsp3) is 0.333. The molecule has 0 bridgehead atoms. The first-order valence-corrected chi connectivity index (χ1v) is 9.56. The fourth-order valence-corrected chi connectivity index (χ4v) is 3.65. The van der Waals surface area contributed by atoms with Crippen LogP contribution >= 0.6 is 0 Å². The molecule has 1 saturated heterocycles. The summed E-state index contributed by atoms with van der Waals surface area (Å²) < 4.78 is 20.9. The quantitative estimate of drug-likeness (QED) is 0.694. The number of ether oxygens (including phenoxy) is 1. The number of aryl methyl sites for hydroxylation is 1. The van der Waals surface area contributed by atoms with E-state index in [1.165, 1.54) is 17.0 Å². The van der Waals surface area contributed by atoms with E-state index in [0.29, 0.717) is 23.3 Å². The van der Waals surface area contributed by atoms with Gasteiger partial charge in [-0.1, -0.05) is 6.07 Å². The van der Waals surface area contributed by atoms with Gasteiger partial charge in [-0.25, -0.2) is 9.37 Å². The molecule has 1 amide bonds. The number of halogens is 1. The Morgan fingerprint density at radius 2 is 2.07 bits per heavy atom. The lowest BCUT2D eigenvalue weighted by Crippen LogP contribution is -3.14. The van der Waals surface area contributed by atoms with Crippen LogP contribution < -0.4 is 10.2 Å². The molecule has 7 heteroatoms. The molecule has 0 atom stereocenters. The molecule has 1 aliphatic heterocycles. The summed E-state index contributed by atoms with van der Waals surface area (Å²) >= 11 is 0. The van der Waals surface area contributed by atoms with Crippen molar-refractivity contribution in [3.63, 3.8) is 0 Å². The molecule has 3 aromatic rings. The molecule has 1 fully saturated rings. The summed E-state index contributed by atoms with van der Waals surface area (Å²) in [5, 5.41) is 2.99. The van der Waals surface area contributed by atoms with E-state index >= 15 is 0 Å². The molecule has 2 N–H and O–H groups in total. The van der Waals surface area contributed by atoms with Gasteiger partial charge in [0.25, 0.3) is 5.91 Å². The zero-order valence-corrected chi connectivity index (χ0v) is 15.9. The first-order valence-electron chi connectivity index (χ1n) is 9.56. The Morgan fingerprint density at radius 1 is 1.25 bits per heavy atom. The molecule has 1 aliphatic rings. The lowest BCUT2D eigenvalue weighted by atomic mass is 10.2. The number of imidazole rings is 1. The number of rotatable bonds is 5. The van der Waals surface area contributed by atoms with E-state index < -0.39 is 0 Å². The minimum absolute atomic E-state index is 0.104. The summed E-state index contributed by atoms with van der Waals surface area (Å²) in [6.45, 7) is 6.93. The summed E-state index contributed by atoms with van der Waals surface area (Å²) in [6, 6.07) is 11.8. The highest BCUT2D eigenvalue weighted by Crippen LogP contribution is 2.22. The van der Waals surface area contributed by atoms with Gasteiger partial charge in [-0.15, -0.1) is 0 Å². The number of nitrogens with one attached hydrogen (secondary N) is 2. The smallest absolute Gasteiger partial charge is 0.251 e. The Balaban J connectivity index is 1.49. The zero-order valence-electron chi connectivity index (χ0n) is 15.9. The number of hydrogen-bond acceptors (Lipinski definition) is 3. The van der Waals surface area contributed by atoms with E-state index in [2.05, 4.69) is 10.3 Å². The van der Waals surface area contributed by atoms with Gasteiger partial charge in [0.1, 0.15) is 24.7 Å². The van der Waals surface area contributed by atoms with Gasteiger partial charge in [0.15, 0.2) is 0 Å². The van der Waals surface area contributed by atoms with Crippen LogP contribution in [0.3, 0.4) is 0 Å². The Morgan fingerprint density at radius 3 is 2.86 bits per heavy atom.